The van der Waals surface area contributed by atoms with Crippen LogP contribution in [0.2, 0.25) is 13.1 Å². The molecule has 0 aliphatic heterocycles. The van der Waals surface area contributed by atoms with Crippen LogP contribution in [0.5, 0.6) is 0 Å². The number of fused-ring (bicyclic) bond motifs is 2. The molecule has 0 fully saturated rings. The van der Waals surface area contributed by atoms with Crippen LogP contribution in [0.15, 0.2) is 24.3 Å². The first-order valence-corrected chi connectivity index (χ1v) is 12.9. The van der Waals surface area contributed by atoms with Crippen molar-refractivity contribution in [1.82, 2.24) is 0 Å². The molecule has 3 heteroatoms. The fraction of sp³-hybridized carbons (Fsp3) is 0.526. The second kappa shape index (κ2) is 8.54. The molecule has 2 aromatic carbocycles. The van der Waals surface area contributed by atoms with E-state index in [0.717, 1.165) is 0 Å². The Morgan fingerprint density at radius 1 is 1.09 bits per heavy atom. The Kier molecular flexibility index (Phi) is 7.67. The average Bonchev–Trinajstić information content (AvgIpc) is 2.85. The predicted molar refractivity (Wildman–Crippen MR) is 97.9 cm³/mol. The zero-order chi connectivity index (χ0) is 16.9. The van der Waals surface area contributed by atoms with Crippen LogP contribution >= 0.6 is 0 Å². The van der Waals surface area contributed by atoms with Gasteiger partial charge in [0, 0.05) is 0 Å². The van der Waals surface area contributed by atoms with Crippen LogP contribution in [-0.4, -0.2) is 11.7 Å². The largest absolute Gasteiger partial charge is 0.165 e. The van der Waals surface area contributed by atoms with Gasteiger partial charge in [0.2, 0.25) is 0 Å². The molecule has 1 nitrogen and oxygen atoms in total. The molecule has 0 bridgehead atoms. The molecule has 1 aliphatic carbocycles. The second-order valence-electron chi connectivity index (χ2n) is 7.39. The first kappa shape index (κ1) is 19.8. The van der Waals surface area contributed by atoms with Gasteiger partial charge in [0.05, 0.1) is 0 Å². The molecule has 1 N–H and O–H groups in total. The van der Waals surface area contributed by atoms with Crippen molar-refractivity contribution < 1.29 is 19.2 Å². The Morgan fingerprint density at radius 3 is 2.05 bits per heavy atom. The van der Waals surface area contributed by atoms with E-state index in [2.05, 4.69) is 63.5 Å². The summed E-state index contributed by atoms with van der Waals surface area (Å²) in [6, 6.07) is 9.33. The van der Waals surface area contributed by atoms with E-state index in [-0.39, 0.29) is 11.7 Å². The summed E-state index contributed by atoms with van der Waals surface area (Å²) < 4.78 is 0. The van der Waals surface area contributed by atoms with Crippen molar-refractivity contribution in [3.05, 3.63) is 46.7 Å². The molecule has 1 aliphatic rings. The summed E-state index contributed by atoms with van der Waals surface area (Å²) in [5.74, 6) is 0. The number of aryl methyl sites for hydroxylation is 3. The van der Waals surface area contributed by atoms with Crippen LogP contribution in [0.3, 0.4) is 0 Å². The smallest absolute Gasteiger partial charge is 0.0289 e. The summed E-state index contributed by atoms with van der Waals surface area (Å²) in [5.41, 5.74) is 11.2. The Hall–Kier alpha value is -0.279. The van der Waals surface area contributed by atoms with Gasteiger partial charge in [-0.25, -0.2) is 0 Å². The van der Waals surface area contributed by atoms with Gasteiger partial charge in [0.1, 0.15) is 0 Å². The SMILES string of the molecule is CC(C)(C)[NH-].C[Si](C)=[Ti+2].Cc1cc2cc3c(cc2[cH-]1)CCC3. The molecule has 0 aromatic heterocycles. The Bertz CT molecular complexity index is 584. The molecule has 0 atom stereocenters. The molecule has 2 aromatic rings. The Labute approximate surface area is 148 Å². The summed E-state index contributed by atoms with van der Waals surface area (Å²) in [5, 5.41) is 2.86. The third-order valence-electron chi connectivity index (χ3n) is 3.06. The van der Waals surface area contributed by atoms with E-state index >= 15 is 0 Å². The summed E-state index contributed by atoms with van der Waals surface area (Å²) in [6.45, 7) is 12.3. The van der Waals surface area contributed by atoms with Gasteiger partial charge >= 0.3 is 38.5 Å². The van der Waals surface area contributed by atoms with Crippen molar-refractivity contribution in [2.75, 3.05) is 0 Å². The standard InChI is InChI=1S/C13H13.C4H10N.C2H6Si.Ti/c1-9-5-12-7-10-3-2-4-11(10)8-13(12)6-9;1-4(2,3)5;1-3-2;/h5-8H,2-4H2,1H3;5H,1-3H3;1-2H3;/q2*-1;;+2. The van der Waals surface area contributed by atoms with Gasteiger partial charge in [0.15, 0.2) is 0 Å². The molecule has 22 heavy (non-hydrogen) atoms. The Balaban J connectivity index is 0.000000228. The van der Waals surface area contributed by atoms with E-state index in [1.54, 1.807) is 11.1 Å². The quantitative estimate of drug-likeness (QED) is 0.414. The normalized spacial score (nSPS) is 13.0. The molecule has 0 radical (unpaired) electrons. The van der Waals surface area contributed by atoms with Crippen LogP contribution in [-0.2, 0) is 32.0 Å². The molecule has 0 saturated carbocycles. The maximum Gasteiger partial charge on any atom is -0.0289 e. The first-order chi connectivity index (χ1) is 10.1. The van der Waals surface area contributed by atoms with Gasteiger partial charge in [0.25, 0.3) is 0 Å². The average molecular weight is 347 g/mol. The summed E-state index contributed by atoms with van der Waals surface area (Å²) in [7, 11) is 0. The maximum atomic E-state index is 6.94. The minimum atomic E-state index is -0.250. The van der Waals surface area contributed by atoms with Gasteiger partial charge in [-0.15, -0.1) is 40.1 Å². The zero-order valence-electron chi connectivity index (χ0n) is 14.9. The van der Waals surface area contributed by atoms with E-state index in [1.165, 1.54) is 35.6 Å². The van der Waals surface area contributed by atoms with Gasteiger partial charge in [-0.1, -0.05) is 38.8 Å². The minimum absolute atomic E-state index is 0.120. The summed E-state index contributed by atoms with van der Waals surface area (Å²) in [6.07, 6.45) is 4.04. The van der Waals surface area contributed by atoms with Gasteiger partial charge < -0.3 is 5.73 Å². The third-order valence-corrected chi connectivity index (χ3v) is 3.06. The predicted octanol–water partition coefficient (Wildman–Crippen LogP) is 5.98. The number of hydrogen-bond donors (Lipinski definition) is 0. The van der Waals surface area contributed by atoms with Gasteiger partial charge in [-0.3, -0.25) is 0 Å². The second-order valence-corrected chi connectivity index (χ2v) is 14.1. The van der Waals surface area contributed by atoms with Gasteiger partial charge in [-0.2, -0.15) is 6.07 Å². The maximum absolute atomic E-state index is 6.94. The topological polar surface area (TPSA) is 23.8 Å². The van der Waals surface area contributed by atoms with E-state index in [9.17, 15) is 0 Å². The number of nitrogens with one attached hydrogen (secondary N) is 1. The van der Waals surface area contributed by atoms with E-state index in [1.807, 2.05) is 20.8 Å². The molecule has 118 valence electrons. The monoisotopic (exact) mass is 347 g/mol. The van der Waals surface area contributed by atoms with Crippen LogP contribution in [0, 0.1) is 6.92 Å². The number of rotatable bonds is 0. The summed E-state index contributed by atoms with van der Waals surface area (Å²) >= 11 is 2.27. The molecular formula is C19H29NSiTi. The van der Waals surface area contributed by atoms with Crippen LogP contribution in [0.4, 0.5) is 0 Å². The first-order valence-electron chi connectivity index (χ1n) is 8.02. The van der Waals surface area contributed by atoms with Crippen molar-refractivity contribution in [2.45, 2.75) is 65.6 Å². The van der Waals surface area contributed by atoms with Crippen LogP contribution in [0.1, 0.15) is 43.9 Å². The molecular weight excluding hydrogens is 318 g/mol. The fourth-order valence-corrected chi connectivity index (χ4v) is 2.44. The van der Waals surface area contributed by atoms with Crippen LogP contribution in [0.25, 0.3) is 16.5 Å². The zero-order valence-corrected chi connectivity index (χ0v) is 17.5. The molecule has 0 saturated heterocycles. The van der Waals surface area contributed by atoms with Crippen molar-refractivity contribution in [3.8, 4) is 0 Å². The van der Waals surface area contributed by atoms with Crippen molar-refractivity contribution in [2.24, 2.45) is 0 Å². The third kappa shape index (κ3) is 7.82. The molecule has 3 rings (SSSR count). The van der Waals surface area contributed by atoms with Crippen molar-refractivity contribution in [1.29, 1.82) is 0 Å². The van der Waals surface area contributed by atoms with Crippen molar-refractivity contribution in [3.63, 3.8) is 0 Å². The van der Waals surface area contributed by atoms with Crippen molar-refractivity contribution >= 4 is 17.0 Å². The molecule has 0 heterocycles. The van der Waals surface area contributed by atoms with E-state index in [0.29, 0.717) is 0 Å². The molecule has 0 amide bonds. The van der Waals surface area contributed by atoms with Gasteiger partial charge in [-0.05, 0) is 19.3 Å². The molecule has 0 spiro atoms. The summed E-state index contributed by atoms with van der Waals surface area (Å²) in [4.78, 5) is 0. The van der Waals surface area contributed by atoms with Crippen LogP contribution < -0.4 is 0 Å². The van der Waals surface area contributed by atoms with E-state index in [4.69, 9.17) is 5.73 Å². The number of hydrogen-bond acceptors (Lipinski definition) is 0. The molecule has 0 unspecified atom stereocenters. The van der Waals surface area contributed by atoms with E-state index < -0.39 is 0 Å². The minimum Gasteiger partial charge on any atom is -0.165 e. The fourth-order valence-electron chi connectivity index (χ4n) is 2.44. The number of benzene rings is 1. The Morgan fingerprint density at radius 2 is 1.55 bits per heavy atom.